The van der Waals surface area contributed by atoms with Gasteiger partial charge in [0.05, 0.1) is 23.0 Å². The van der Waals surface area contributed by atoms with Gasteiger partial charge in [-0.2, -0.15) is 5.10 Å². The van der Waals surface area contributed by atoms with Gasteiger partial charge in [-0.1, -0.05) is 17.7 Å². The molecule has 1 N–H and O–H groups in total. The van der Waals surface area contributed by atoms with Crippen molar-refractivity contribution < 1.29 is 4.79 Å². The van der Waals surface area contributed by atoms with Gasteiger partial charge in [0, 0.05) is 43.7 Å². The highest BCUT2D eigenvalue weighted by atomic mass is 35.5. The van der Waals surface area contributed by atoms with E-state index in [4.69, 9.17) is 11.6 Å². The Hall–Kier alpha value is -1.34. The van der Waals surface area contributed by atoms with Crippen LogP contribution in [0.15, 0.2) is 37.2 Å². The lowest BCUT2D eigenvalue weighted by Crippen LogP contribution is -2.38. The van der Waals surface area contributed by atoms with Crippen molar-refractivity contribution in [3.05, 3.63) is 52.0 Å². The lowest BCUT2D eigenvalue weighted by Gasteiger charge is -2.26. The lowest BCUT2D eigenvalue weighted by atomic mass is 9.89. The highest BCUT2D eigenvalue weighted by Gasteiger charge is 2.36. The molecule has 25 heavy (non-hydrogen) atoms. The summed E-state index contributed by atoms with van der Waals surface area (Å²) >= 11 is 7.52. The number of nitrogens with zero attached hydrogens (tertiary/aromatic N) is 3. The fraction of sp³-hybridized carbons (Fsp3) is 0.412. The molecule has 0 aromatic carbocycles. The van der Waals surface area contributed by atoms with Gasteiger partial charge in [-0.3, -0.25) is 9.48 Å². The summed E-state index contributed by atoms with van der Waals surface area (Å²) < 4.78 is 2.52. The van der Waals surface area contributed by atoms with Crippen molar-refractivity contribution in [2.45, 2.75) is 12.5 Å². The van der Waals surface area contributed by atoms with Crippen LogP contribution < -0.4 is 5.32 Å². The Kier molecular flexibility index (Phi) is 7.07. The number of rotatable bonds is 6. The molecule has 1 fully saturated rings. The summed E-state index contributed by atoms with van der Waals surface area (Å²) in [6.45, 7) is 6.38. The highest BCUT2D eigenvalue weighted by Crippen LogP contribution is 2.30. The standard InChI is InChI=1S/C17H21ClN4OS.ClH/c1-3-6-22(11-13-4-5-16(18)24-13)17(23)15-9-19-8-14(15)12-7-20-21(2)10-12;/h3-5,7,10,14-15,19H,1,6,8-9,11H2,2H3;1H/t14-,15+;/m1./s1. The number of hydrogen-bond acceptors (Lipinski definition) is 4. The van der Waals surface area contributed by atoms with Gasteiger partial charge in [0.15, 0.2) is 0 Å². The second-order valence-corrected chi connectivity index (χ2v) is 7.83. The maximum absolute atomic E-state index is 13.1. The fourth-order valence-corrected chi connectivity index (χ4v) is 4.27. The van der Waals surface area contributed by atoms with E-state index in [2.05, 4.69) is 17.0 Å². The van der Waals surface area contributed by atoms with Crippen molar-refractivity contribution in [1.29, 1.82) is 0 Å². The second kappa shape index (κ2) is 8.85. The Morgan fingerprint density at radius 3 is 2.96 bits per heavy atom. The molecule has 3 heterocycles. The van der Waals surface area contributed by atoms with E-state index in [1.54, 1.807) is 10.8 Å². The quantitative estimate of drug-likeness (QED) is 0.757. The lowest BCUT2D eigenvalue weighted by molar-refractivity contribution is -0.135. The van der Waals surface area contributed by atoms with Crippen LogP contribution >= 0.6 is 35.3 Å². The average molecular weight is 401 g/mol. The zero-order valence-corrected chi connectivity index (χ0v) is 16.4. The third-order valence-electron chi connectivity index (χ3n) is 4.32. The van der Waals surface area contributed by atoms with Crippen molar-refractivity contribution in [3.8, 4) is 0 Å². The van der Waals surface area contributed by atoms with Crippen molar-refractivity contribution >= 4 is 41.3 Å². The molecule has 8 heteroatoms. The number of nitrogens with one attached hydrogen (secondary N) is 1. The Morgan fingerprint density at radius 2 is 2.36 bits per heavy atom. The van der Waals surface area contributed by atoms with Gasteiger partial charge in [0.1, 0.15) is 0 Å². The first kappa shape index (κ1) is 20.0. The van der Waals surface area contributed by atoms with Crippen LogP contribution in [0.4, 0.5) is 0 Å². The first-order chi connectivity index (χ1) is 11.6. The van der Waals surface area contributed by atoms with Gasteiger partial charge in [-0.25, -0.2) is 0 Å². The molecule has 5 nitrogen and oxygen atoms in total. The second-order valence-electron chi connectivity index (χ2n) is 6.03. The highest BCUT2D eigenvalue weighted by molar-refractivity contribution is 7.16. The molecule has 0 spiro atoms. The number of aryl methyl sites for hydroxylation is 1. The molecule has 0 bridgehead atoms. The zero-order valence-electron chi connectivity index (χ0n) is 14.0. The summed E-state index contributed by atoms with van der Waals surface area (Å²) in [6, 6.07) is 3.84. The van der Waals surface area contributed by atoms with E-state index < -0.39 is 0 Å². The molecule has 136 valence electrons. The SMILES string of the molecule is C=CCN(Cc1ccc(Cl)s1)C(=O)[C@H]1CNC[C@@H]1c1cnn(C)c1.Cl. The largest absolute Gasteiger partial charge is 0.334 e. The van der Waals surface area contributed by atoms with Crippen LogP contribution in [0.1, 0.15) is 16.4 Å². The fourth-order valence-electron chi connectivity index (χ4n) is 3.17. The van der Waals surface area contributed by atoms with E-state index in [9.17, 15) is 4.79 Å². The minimum Gasteiger partial charge on any atom is -0.334 e. The van der Waals surface area contributed by atoms with E-state index in [0.29, 0.717) is 19.6 Å². The number of amides is 1. The molecular weight excluding hydrogens is 379 g/mol. The number of halogens is 2. The van der Waals surface area contributed by atoms with Gasteiger partial charge < -0.3 is 10.2 Å². The Bertz CT molecular complexity index is 730. The minimum absolute atomic E-state index is 0. The predicted molar refractivity (Wildman–Crippen MR) is 104 cm³/mol. The number of carbonyl (C=O) groups is 1. The Labute approximate surface area is 163 Å². The summed E-state index contributed by atoms with van der Waals surface area (Å²) in [5, 5.41) is 7.59. The van der Waals surface area contributed by atoms with E-state index in [0.717, 1.165) is 21.3 Å². The number of thiophene rings is 1. The van der Waals surface area contributed by atoms with Gasteiger partial charge >= 0.3 is 0 Å². The summed E-state index contributed by atoms with van der Waals surface area (Å²) in [7, 11) is 1.90. The van der Waals surface area contributed by atoms with Crippen molar-refractivity contribution in [1.82, 2.24) is 20.0 Å². The molecule has 0 unspecified atom stereocenters. The topological polar surface area (TPSA) is 50.2 Å². The smallest absolute Gasteiger partial charge is 0.228 e. The number of carbonyl (C=O) groups excluding carboxylic acids is 1. The molecule has 0 radical (unpaired) electrons. The van der Waals surface area contributed by atoms with E-state index in [1.165, 1.54) is 11.3 Å². The van der Waals surface area contributed by atoms with Crippen molar-refractivity contribution in [3.63, 3.8) is 0 Å². The molecule has 2 aromatic heterocycles. The Balaban J connectivity index is 0.00000225. The molecular formula is C17H22Cl2N4OS. The molecule has 1 amide bonds. The molecule has 0 aliphatic carbocycles. The summed E-state index contributed by atoms with van der Waals surface area (Å²) in [6.07, 6.45) is 5.62. The van der Waals surface area contributed by atoms with Crippen LogP contribution in [0.3, 0.4) is 0 Å². The van der Waals surface area contributed by atoms with Crippen LogP contribution in [-0.4, -0.2) is 40.2 Å². The summed E-state index contributed by atoms with van der Waals surface area (Å²) in [5.41, 5.74) is 1.11. The molecule has 3 rings (SSSR count). The maximum Gasteiger partial charge on any atom is 0.228 e. The van der Waals surface area contributed by atoms with E-state index in [-0.39, 0.29) is 30.2 Å². The Morgan fingerprint density at radius 1 is 1.56 bits per heavy atom. The van der Waals surface area contributed by atoms with Gasteiger partial charge in [-0.05, 0) is 17.7 Å². The number of aromatic nitrogens is 2. The van der Waals surface area contributed by atoms with Gasteiger partial charge in [0.25, 0.3) is 0 Å². The third-order valence-corrected chi connectivity index (χ3v) is 5.54. The van der Waals surface area contributed by atoms with Gasteiger partial charge in [-0.15, -0.1) is 30.3 Å². The first-order valence-corrected chi connectivity index (χ1v) is 9.11. The van der Waals surface area contributed by atoms with E-state index >= 15 is 0 Å². The van der Waals surface area contributed by atoms with Crippen LogP contribution in [-0.2, 0) is 18.4 Å². The number of hydrogen-bond donors (Lipinski definition) is 1. The van der Waals surface area contributed by atoms with Gasteiger partial charge in [0.2, 0.25) is 5.91 Å². The van der Waals surface area contributed by atoms with Crippen molar-refractivity contribution in [2.75, 3.05) is 19.6 Å². The average Bonchev–Trinajstić information content (AvgIpc) is 3.27. The molecule has 1 aliphatic heterocycles. The molecule has 0 saturated carbocycles. The van der Waals surface area contributed by atoms with Crippen LogP contribution in [0.25, 0.3) is 0 Å². The predicted octanol–water partition coefficient (Wildman–Crippen LogP) is 3.07. The summed E-state index contributed by atoms with van der Waals surface area (Å²) in [5.74, 6) is 0.230. The van der Waals surface area contributed by atoms with Crippen molar-refractivity contribution in [2.24, 2.45) is 13.0 Å². The van der Waals surface area contributed by atoms with Crippen LogP contribution in [0, 0.1) is 5.92 Å². The molecule has 2 atom stereocenters. The maximum atomic E-state index is 13.1. The minimum atomic E-state index is -0.0791. The third kappa shape index (κ3) is 4.64. The first-order valence-electron chi connectivity index (χ1n) is 7.91. The monoisotopic (exact) mass is 400 g/mol. The van der Waals surface area contributed by atoms with E-state index in [1.807, 2.05) is 36.5 Å². The molecule has 1 saturated heterocycles. The molecule has 2 aromatic rings. The normalized spacial score (nSPS) is 19.4. The summed E-state index contributed by atoms with van der Waals surface area (Å²) in [4.78, 5) is 16.1. The van der Waals surface area contributed by atoms with Crippen LogP contribution in [0.2, 0.25) is 4.34 Å². The zero-order chi connectivity index (χ0) is 17.1. The molecule has 1 aliphatic rings. The van der Waals surface area contributed by atoms with Crippen LogP contribution in [0.5, 0.6) is 0 Å².